The predicted molar refractivity (Wildman–Crippen MR) is 69.7 cm³/mol. The molecule has 0 aliphatic carbocycles. The van der Waals surface area contributed by atoms with E-state index in [4.69, 9.17) is 5.84 Å². The number of likely N-dealkylation sites (N-methyl/N-ethyl adjacent to an activating group) is 1. The molecule has 1 rings (SSSR count). The molecule has 18 heavy (non-hydrogen) atoms. The van der Waals surface area contributed by atoms with Crippen LogP contribution in [0.15, 0.2) is 18.2 Å². The molecule has 0 aliphatic rings. The zero-order valence-corrected chi connectivity index (χ0v) is 10.8. The molecule has 0 fully saturated rings. The summed E-state index contributed by atoms with van der Waals surface area (Å²) in [5.41, 5.74) is 2.42. The van der Waals surface area contributed by atoms with Crippen molar-refractivity contribution in [2.24, 2.45) is 5.84 Å². The van der Waals surface area contributed by atoms with Gasteiger partial charge in [0.05, 0.1) is 11.3 Å². The van der Waals surface area contributed by atoms with E-state index in [9.17, 15) is 9.18 Å². The average molecular weight is 254 g/mol. The number of nitrogen functional groups attached to an aromatic ring is 1. The number of hydrogen-bond donors (Lipinski definition) is 3. The first-order valence-electron chi connectivity index (χ1n) is 5.66. The maximum absolute atomic E-state index is 13.4. The van der Waals surface area contributed by atoms with E-state index in [1.165, 1.54) is 18.2 Å². The average Bonchev–Trinajstić information content (AvgIpc) is 2.27. The molecule has 0 saturated heterocycles. The number of nitrogens with one attached hydrogen (secondary N) is 2. The fourth-order valence-corrected chi connectivity index (χ4v) is 1.75. The van der Waals surface area contributed by atoms with Crippen molar-refractivity contribution < 1.29 is 9.18 Å². The Hall–Kier alpha value is -1.66. The molecule has 1 aromatic carbocycles. The second-order valence-electron chi connectivity index (χ2n) is 4.44. The number of carbonyl (C=O) groups is 1. The molecule has 100 valence electrons. The van der Waals surface area contributed by atoms with Gasteiger partial charge in [-0.15, -0.1) is 0 Å². The van der Waals surface area contributed by atoms with Gasteiger partial charge in [-0.1, -0.05) is 6.07 Å². The van der Waals surface area contributed by atoms with E-state index >= 15 is 0 Å². The van der Waals surface area contributed by atoms with Gasteiger partial charge < -0.3 is 15.6 Å². The Kier molecular flexibility index (Phi) is 5.06. The SMILES string of the molecule is CC(CN(C)C)NC(=O)c1cccc(F)c1NN. The standard InChI is InChI=1S/C12H19FN4O/c1-8(7-17(2)3)15-12(18)9-5-4-6-10(13)11(9)16-14/h4-6,8,16H,7,14H2,1-3H3,(H,15,18). The number of rotatable bonds is 5. The van der Waals surface area contributed by atoms with Crippen molar-refractivity contribution in [3.8, 4) is 0 Å². The summed E-state index contributed by atoms with van der Waals surface area (Å²) in [7, 11) is 3.83. The van der Waals surface area contributed by atoms with E-state index in [-0.39, 0.29) is 23.2 Å². The highest BCUT2D eigenvalue weighted by molar-refractivity contribution is 5.99. The highest BCUT2D eigenvalue weighted by atomic mass is 19.1. The third-order valence-corrected chi connectivity index (χ3v) is 2.42. The van der Waals surface area contributed by atoms with Crippen LogP contribution in [-0.4, -0.2) is 37.5 Å². The van der Waals surface area contributed by atoms with Gasteiger partial charge in [0.2, 0.25) is 0 Å². The fourth-order valence-electron chi connectivity index (χ4n) is 1.75. The van der Waals surface area contributed by atoms with E-state index in [0.29, 0.717) is 6.54 Å². The van der Waals surface area contributed by atoms with Crippen molar-refractivity contribution >= 4 is 11.6 Å². The van der Waals surface area contributed by atoms with Crippen molar-refractivity contribution in [1.82, 2.24) is 10.2 Å². The van der Waals surface area contributed by atoms with Gasteiger partial charge in [0.15, 0.2) is 0 Å². The van der Waals surface area contributed by atoms with Crippen LogP contribution in [0.4, 0.5) is 10.1 Å². The third-order valence-electron chi connectivity index (χ3n) is 2.42. The van der Waals surface area contributed by atoms with E-state index in [0.717, 1.165) is 0 Å². The molecule has 0 aliphatic heterocycles. The number of carbonyl (C=O) groups excluding carboxylic acids is 1. The van der Waals surface area contributed by atoms with E-state index in [2.05, 4.69) is 10.7 Å². The lowest BCUT2D eigenvalue weighted by Crippen LogP contribution is -2.39. The Labute approximate surface area is 106 Å². The van der Waals surface area contributed by atoms with Crippen molar-refractivity contribution in [2.75, 3.05) is 26.1 Å². The number of hydrogen-bond acceptors (Lipinski definition) is 4. The molecule has 0 spiro atoms. The van der Waals surface area contributed by atoms with Gasteiger partial charge in [-0.05, 0) is 33.2 Å². The first-order chi connectivity index (χ1) is 8.45. The molecule has 0 saturated carbocycles. The molecular formula is C12H19FN4O. The number of nitrogens with two attached hydrogens (primary N) is 1. The molecule has 1 atom stereocenters. The van der Waals surface area contributed by atoms with Crippen molar-refractivity contribution in [3.63, 3.8) is 0 Å². The summed E-state index contributed by atoms with van der Waals surface area (Å²) in [4.78, 5) is 13.9. The Bertz CT molecular complexity index is 423. The number of hydrazine groups is 1. The molecule has 6 heteroatoms. The highest BCUT2D eigenvalue weighted by Crippen LogP contribution is 2.18. The normalized spacial score (nSPS) is 12.3. The predicted octanol–water partition coefficient (Wildman–Crippen LogP) is 0.791. The van der Waals surface area contributed by atoms with E-state index < -0.39 is 5.82 Å². The monoisotopic (exact) mass is 254 g/mol. The molecule has 1 unspecified atom stereocenters. The summed E-state index contributed by atoms with van der Waals surface area (Å²) in [5.74, 6) is 4.32. The summed E-state index contributed by atoms with van der Waals surface area (Å²) < 4.78 is 13.4. The van der Waals surface area contributed by atoms with Crippen molar-refractivity contribution in [1.29, 1.82) is 0 Å². The van der Waals surface area contributed by atoms with Gasteiger partial charge in [0.25, 0.3) is 5.91 Å². The van der Waals surface area contributed by atoms with E-state index in [1.807, 2.05) is 25.9 Å². The third kappa shape index (κ3) is 3.68. The molecule has 0 heterocycles. The van der Waals surface area contributed by atoms with Gasteiger partial charge in [0.1, 0.15) is 5.82 Å². The number of benzene rings is 1. The lowest BCUT2D eigenvalue weighted by molar-refractivity contribution is 0.0934. The number of para-hydroxylation sites is 1. The quantitative estimate of drug-likeness (QED) is 0.537. The van der Waals surface area contributed by atoms with Gasteiger partial charge in [-0.3, -0.25) is 10.6 Å². The van der Waals surface area contributed by atoms with Gasteiger partial charge in [-0.2, -0.15) is 0 Å². The molecule has 1 aromatic rings. The Morgan fingerprint density at radius 1 is 1.50 bits per heavy atom. The number of halogens is 1. The zero-order chi connectivity index (χ0) is 13.7. The number of anilines is 1. The minimum atomic E-state index is -0.551. The number of nitrogens with zero attached hydrogens (tertiary/aromatic N) is 1. The van der Waals surface area contributed by atoms with Crippen LogP contribution in [0.25, 0.3) is 0 Å². The van der Waals surface area contributed by atoms with Crippen LogP contribution in [0, 0.1) is 5.82 Å². The van der Waals surface area contributed by atoms with Crippen LogP contribution >= 0.6 is 0 Å². The Balaban J connectivity index is 2.81. The highest BCUT2D eigenvalue weighted by Gasteiger charge is 2.16. The molecule has 0 bridgehead atoms. The molecular weight excluding hydrogens is 235 g/mol. The maximum atomic E-state index is 13.4. The zero-order valence-electron chi connectivity index (χ0n) is 10.8. The summed E-state index contributed by atoms with van der Waals surface area (Å²) in [6, 6.07) is 4.20. The van der Waals surface area contributed by atoms with E-state index in [1.54, 1.807) is 0 Å². The minimum absolute atomic E-state index is 0.00653. The second-order valence-corrected chi connectivity index (χ2v) is 4.44. The summed E-state index contributed by atoms with van der Waals surface area (Å²) in [6.45, 7) is 2.58. The van der Waals surface area contributed by atoms with Crippen molar-refractivity contribution in [3.05, 3.63) is 29.6 Å². The van der Waals surface area contributed by atoms with Crippen LogP contribution in [0.1, 0.15) is 17.3 Å². The molecule has 0 aromatic heterocycles. The fraction of sp³-hybridized carbons (Fsp3) is 0.417. The van der Waals surface area contributed by atoms with Gasteiger partial charge in [-0.25, -0.2) is 4.39 Å². The molecule has 5 nitrogen and oxygen atoms in total. The maximum Gasteiger partial charge on any atom is 0.253 e. The van der Waals surface area contributed by atoms with Crippen LogP contribution in [0.2, 0.25) is 0 Å². The second kappa shape index (κ2) is 6.32. The molecule has 4 N–H and O–H groups in total. The van der Waals surface area contributed by atoms with Crippen LogP contribution in [-0.2, 0) is 0 Å². The largest absolute Gasteiger partial charge is 0.348 e. The van der Waals surface area contributed by atoms with Crippen LogP contribution < -0.4 is 16.6 Å². The summed E-state index contributed by atoms with van der Waals surface area (Å²) in [6.07, 6.45) is 0. The number of amides is 1. The summed E-state index contributed by atoms with van der Waals surface area (Å²) >= 11 is 0. The first kappa shape index (κ1) is 14.4. The lowest BCUT2D eigenvalue weighted by atomic mass is 10.1. The topological polar surface area (TPSA) is 70.4 Å². The lowest BCUT2D eigenvalue weighted by Gasteiger charge is -2.19. The smallest absolute Gasteiger partial charge is 0.253 e. The van der Waals surface area contributed by atoms with Crippen LogP contribution in [0.5, 0.6) is 0 Å². The first-order valence-corrected chi connectivity index (χ1v) is 5.66. The van der Waals surface area contributed by atoms with Gasteiger partial charge in [0, 0.05) is 12.6 Å². The summed E-state index contributed by atoms with van der Waals surface area (Å²) in [5, 5.41) is 2.79. The molecule has 1 amide bonds. The van der Waals surface area contributed by atoms with Crippen molar-refractivity contribution in [2.45, 2.75) is 13.0 Å². The Morgan fingerprint density at radius 3 is 2.72 bits per heavy atom. The molecule has 0 radical (unpaired) electrons. The Morgan fingerprint density at radius 2 is 2.17 bits per heavy atom. The van der Waals surface area contributed by atoms with Gasteiger partial charge >= 0.3 is 0 Å². The van der Waals surface area contributed by atoms with Crippen LogP contribution in [0.3, 0.4) is 0 Å². The minimum Gasteiger partial charge on any atom is -0.348 e.